The maximum atomic E-state index is 11.7. The summed E-state index contributed by atoms with van der Waals surface area (Å²) in [5.74, 6) is -0.0770. The van der Waals surface area contributed by atoms with Gasteiger partial charge in [-0.15, -0.1) is 0 Å². The van der Waals surface area contributed by atoms with Crippen molar-refractivity contribution >= 4 is 11.7 Å². The van der Waals surface area contributed by atoms with E-state index in [1.54, 1.807) is 25.1 Å². The lowest BCUT2D eigenvalue weighted by molar-refractivity contribution is 0.0518. The number of nitrogen functional groups attached to an aromatic ring is 1. The topological polar surface area (TPSA) is 70.8 Å². The highest BCUT2D eigenvalue weighted by Gasteiger charge is 2.15. The molecule has 1 aromatic carbocycles. The summed E-state index contributed by atoms with van der Waals surface area (Å²) in [4.78, 5) is 11.7. The fraction of sp³-hybridized carbons (Fsp3) is 0.462. The van der Waals surface area contributed by atoms with Crippen molar-refractivity contribution in [1.29, 1.82) is 0 Å². The van der Waals surface area contributed by atoms with Crippen molar-refractivity contribution in [3.05, 3.63) is 23.8 Å². The number of hydrogen-bond acceptors (Lipinski definition) is 5. The van der Waals surface area contributed by atoms with E-state index in [1.165, 1.54) is 0 Å². The molecule has 0 heterocycles. The van der Waals surface area contributed by atoms with Crippen molar-refractivity contribution in [2.45, 2.75) is 13.8 Å². The number of carbonyl (C=O) groups excluding carboxylic acids is 1. The van der Waals surface area contributed by atoms with Crippen molar-refractivity contribution in [3.8, 4) is 5.75 Å². The molecule has 0 saturated carbocycles. The highest BCUT2D eigenvalue weighted by Crippen LogP contribution is 2.27. The number of nitrogens with two attached hydrogens (primary N) is 1. The second-order valence-corrected chi connectivity index (χ2v) is 3.49. The SMILES string of the molecule is CCOCCOc1c(N)cccc1C(=O)OCC. The molecule has 5 nitrogen and oxygen atoms in total. The summed E-state index contributed by atoms with van der Waals surface area (Å²) < 4.78 is 15.6. The summed E-state index contributed by atoms with van der Waals surface area (Å²) >= 11 is 0. The van der Waals surface area contributed by atoms with Crippen LogP contribution in [0.5, 0.6) is 5.75 Å². The van der Waals surface area contributed by atoms with E-state index in [4.69, 9.17) is 19.9 Å². The van der Waals surface area contributed by atoms with E-state index in [0.29, 0.717) is 43.4 Å². The van der Waals surface area contributed by atoms with E-state index in [1.807, 2.05) is 6.92 Å². The van der Waals surface area contributed by atoms with Crippen molar-refractivity contribution in [3.63, 3.8) is 0 Å². The summed E-state index contributed by atoms with van der Waals surface area (Å²) in [5.41, 5.74) is 6.55. The summed E-state index contributed by atoms with van der Waals surface area (Å²) in [5, 5.41) is 0. The third kappa shape index (κ3) is 3.92. The quantitative estimate of drug-likeness (QED) is 0.456. The van der Waals surface area contributed by atoms with Crippen LogP contribution in [0.15, 0.2) is 18.2 Å². The molecule has 0 spiro atoms. The predicted molar refractivity (Wildman–Crippen MR) is 68.8 cm³/mol. The van der Waals surface area contributed by atoms with E-state index >= 15 is 0 Å². The highest BCUT2D eigenvalue weighted by atomic mass is 16.5. The number of rotatable bonds is 7. The molecule has 0 fully saturated rings. The smallest absolute Gasteiger partial charge is 0.341 e. The normalized spacial score (nSPS) is 10.1. The Morgan fingerprint density at radius 2 is 2.00 bits per heavy atom. The van der Waals surface area contributed by atoms with Crippen LogP contribution in [0.3, 0.4) is 0 Å². The number of ether oxygens (including phenoxy) is 3. The van der Waals surface area contributed by atoms with Gasteiger partial charge in [-0.25, -0.2) is 4.79 Å². The van der Waals surface area contributed by atoms with Gasteiger partial charge >= 0.3 is 5.97 Å². The highest BCUT2D eigenvalue weighted by molar-refractivity contribution is 5.94. The van der Waals surface area contributed by atoms with E-state index < -0.39 is 5.97 Å². The maximum absolute atomic E-state index is 11.7. The van der Waals surface area contributed by atoms with Gasteiger partial charge in [0.2, 0.25) is 0 Å². The van der Waals surface area contributed by atoms with E-state index in [0.717, 1.165) is 0 Å². The fourth-order valence-electron chi connectivity index (χ4n) is 1.43. The standard InChI is InChI=1S/C13H19NO4/c1-3-16-8-9-18-12-10(13(15)17-4-2)6-5-7-11(12)14/h5-7H,3-4,8-9,14H2,1-2H3. The molecule has 0 saturated heterocycles. The molecule has 0 aliphatic heterocycles. The van der Waals surface area contributed by atoms with Crippen LogP contribution in [0.4, 0.5) is 5.69 Å². The van der Waals surface area contributed by atoms with Crippen LogP contribution in [0.1, 0.15) is 24.2 Å². The lowest BCUT2D eigenvalue weighted by Gasteiger charge is -2.12. The second kappa shape index (κ2) is 7.55. The molecule has 0 aromatic heterocycles. The van der Waals surface area contributed by atoms with E-state index in [2.05, 4.69) is 0 Å². The van der Waals surface area contributed by atoms with Gasteiger partial charge in [0.1, 0.15) is 12.2 Å². The Balaban J connectivity index is 2.77. The molecule has 18 heavy (non-hydrogen) atoms. The molecule has 0 radical (unpaired) electrons. The van der Waals surface area contributed by atoms with E-state index in [9.17, 15) is 4.79 Å². The molecule has 0 atom stereocenters. The van der Waals surface area contributed by atoms with Gasteiger partial charge in [0.05, 0.1) is 18.9 Å². The Morgan fingerprint density at radius 3 is 2.67 bits per heavy atom. The van der Waals surface area contributed by atoms with Gasteiger partial charge in [-0.1, -0.05) is 6.07 Å². The fourth-order valence-corrected chi connectivity index (χ4v) is 1.43. The first kappa shape index (κ1) is 14.3. The minimum absolute atomic E-state index is 0.312. The molecule has 0 amide bonds. The maximum Gasteiger partial charge on any atom is 0.341 e. The van der Waals surface area contributed by atoms with Gasteiger partial charge in [0.15, 0.2) is 5.75 Å². The third-order valence-corrected chi connectivity index (χ3v) is 2.22. The van der Waals surface area contributed by atoms with Gasteiger partial charge in [-0.05, 0) is 26.0 Å². The summed E-state index contributed by atoms with van der Waals surface area (Å²) in [7, 11) is 0. The zero-order chi connectivity index (χ0) is 13.4. The van der Waals surface area contributed by atoms with Crippen LogP contribution < -0.4 is 10.5 Å². The summed E-state index contributed by atoms with van der Waals surface area (Å²) in [6.45, 7) is 5.38. The number of carbonyl (C=O) groups is 1. The van der Waals surface area contributed by atoms with Gasteiger partial charge < -0.3 is 19.9 Å². The van der Waals surface area contributed by atoms with Crippen LogP contribution >= 0.6 is 0 Å². The van der Waals surface area contributed by atoms with Crippen molar-refractivity contribution in [2.24, 2.45) is 0 Å². The first-order valence-electron chi connectivity index (χ1n) is 5.96. The number of anilines is 1. The van der Waals surface area contributed by atoms with Crippen LogP contribution in [0, 0.1) is 0 Å². The Hall–Kier alpha value is -1.75. The minimum atomic E-state index is -0.434. The molecule has 2 N–H and O–H groups in total. The monoisotopic (exact) mass is 253 g/mol. The summed E-state index contributed by atoms with van der Waals surface area (Å²) in [6.07, 6.45) is 0. The Bertz CT molecular complexity index is 393. The first-order chi connectivity index (χ1) is 8.70. The number of benzene rings is 1. The molecule has 0 aliphatic rings. The molecule has 0 unspecified atom stereocenters. The predicted octanol–water partition coefficient (Wildman–Crippen LogP) is 1.86. The Morgan fingerprint density at radius 1 is 1.22 bits per heavy atom. The molecule has 0 aliphatic carbocycles. The second-order valence-electron chi connectivity index (χ2n) is 3.49. The van der Waals surface area contributed by atoms with Gasteiger partial charge in [-0.2, -0.15) is 0 Å². The zero-order valence-corrected chi connectivity index (χ0v) is 10.8. The Labute approximate surface area is 107 Å². The van der Waals surface area contributed by atoms with Crippen LogP contribution in [0.2, 0.25) is 0 Å². The Kier molecular flexibility index (Phi) is 6.00. The van der Waals surface area contributed by atoms with Crippen molar-refractivity contribution < 1.29 is 19.0 Å². The lowest BCUT2D eigenvalue weighted by atomic mass is 10.2. The number of para-hydroxylation sites is 1. The van der Waals surface area contributed by atoms with Crippen LogP contribution in [-0.4, -0.2) is 32.4 Å². The summed E-state index contributed by atoms with van der Waals surface area (Å²) in [6, 6.07) is 5.00. The van der Waals surface area contributed by atoms with Crippen LogP contribution in [0.25, 0.3) is 0 Å². The largest absolute Gasteiger partial charge is 0.488 e. The molecule has 1 rings (SSSR count). The number of esters is 1. The average Bonchev–Trinajstić information content (AvgIpc) is 2.36. The van der Waals surface area contributed by atoms with Gasteiger partial charge in [0.25, 0.3) is 0 Å². The molecular formula is C13H19NO4. The zero-order valence-electron chi connectivity index (χ0n) is 10.8. The number of hydrogen-bond donors (Lipinski definition) is 1. The first-order valence-corrected chi connectivity index (χ1v) is 5.96. The molecule has 100 valence electrons. The minimum Gasteiger partial charge on any atom is -0.488 e. The molecule has 1 aromatic rings. The van der Waals surface area contributed by atoms with E-state index in [-0.39, 0.29) is 0 Å². The van der Waals surface area contributed by atoms with Crippen LogP contribution in [-0.2, 0) is 9.47 Å². The molecule has 5 heteroatoms. The lowest BCUT2D eigenvalue weighted by Crippen LogP contribution is -2.12. The van der Waals surface area contributed by atoms with Gasteiger partial charge in [-0.3, -0.25) is 0 Å². The molecular weight excluding hydrogens is 234 g/mol. The third-order valence-electron chi connectivity index (χ3n) is 2.22. The van der Waals surface area contributed by atoms with Crippen molar-refractivity contribution in [1.82, 2.24) is 0 Å². The average molecular weight is 253 g/mol. The molecule has 0 bridgehead atoms. The van der Waals surface area contributed by atoms with Crippen molar-refractivity contribution in [2.75, 3.05) is 32.2 Å². The van der Waals surface area contributed by atoms with Gasteiger partial charge in [0, 0.05) is 6.61 Å².